The van der Waals surface area contributed by atoms with Crippen molar-refractivity contribution >= 4 is 5.69 Å². The van der Waals surface area contributed by atoms with Crippen LogP contribution in [0.3, 0.4) is 0 Å². The maximum Gasteiger partial charge on any atom is 0.181 e. The summed E-state index contributed by atoms with van der Waals surface area (Å²) in [5, 5.41) is 2.76. The highest BCUT2D eigenvalue weighted by Gasteiger charge is 2.05. The number of hydrogen-bond donors (Lipinski definition) is 2. The molecule has 72 valence electrons. The zero-order valence-corrected chi connectivity index (χ0v) is 7.19. The third kappa shape index (κ3) is 2.66. The summed E-state index contributed by atoms with van der Waals surface area (Å²) in [6.45, 7) is 1.08. The predicted octanol–water partition coefficient (Wildman–Crippen LogP) is 1.73. The average Bonchev–Trinajstić information content (AvgIpc) is 2.13. The van der Waals surface area contributed by atoms with E-state index in [9.17, 15) is 8.78 Å². The molecule has 1 rings (SSSR count). The lowest BCUT2D eigenvalue weighted by molar-refractivity contribution is 0.511. The molecule has 0 unspecified atom stereocenters. The van der Waals surface area contributed by atoms with E-state index in [2.05, 4.69) is 5.32 Å². The quantitative estimate of drug-likeness (QED) is 0.703. The number of nitrogens with two attached hydrogens (primary N) is 1. The lowest BCUT2D eigenvalue weighted by Crippen LogP contribution is -2.09. The van der Waals surface area contributed by atoms with Gasteiger partial charge in [-0.25, -0.2) is 8.78 Å². The topological polar surface area (TPSA) is 38.0 Å². The first-order chi connectivity index (χ1) is 6.25. The number of benzene rings is 1. The van der Waals surface area contributed by atoms with Crippen molar-refractivity contribution in [1.29, 1.82) is 0 Å². The Bertz CT molecular complexity index is 276. The van der Waals surface area contributed by atoms with Gasteiger partial charge in [0.2, 0.25) is 0 Å². The highest BCUT2D eigenvalue weighted by molar-refractivity contribution is 5.44. The molecule has 13 heavy (non-hydrogen) atoms. The van der Waals surface area contributed by atoms with Crippen molar-refractivity contribution in [3.63, 3.8) is 0 Å². The van der Waals surface area contributed by atoms with Crippen LogP contribution in [-0.2, 0) is 0 Å². The Hall–Kier alpha value is -1.16. The molecular weight excluding hydrogens is 174 g/mol. The minimum Gasteiger partial charge on any atom is -0.383 e. The molecule has 2 nitrogen and oxygen atoms in total. The standard InChI is InChI=1S/C9H12F2N2/c10-7-3-1-4-8(9(7)11)13-6-2-5-12/h1,3-4,13H,2,5-6,12H2. The largest absolute Gasteiger partial charge is 0.383 e. The van der Waals surface area contributed by atoms with Gasteiger partial charge in [0.1, 0.15) is 0 Å². The summed E-state index contributed by atoms with van der Waals surface area (Å²) in [5.74, 6) is -1.67. The molecule has 3 N–H and O–H groups in total. The molecule has 0 heterocycles. The Morgan fingerprint density at radius 1 is 1.31 bits per heavy atom. The molecular formula is C9H12F2N2. The van der Waals surface area contributed by atoms with E-state index in [1.165, 1.54) is 12.1 Å². The third-order valence-electron chi connectivity index (χ3n) is 1.65. The van der Waals surface area contributed by atoms with Gasteiger partial charge >= 0.3 is 0 Å². The smallest absolute Gasteiger partial charge is 0.181 e. The van der Waals surface area contributed by atoms with Crippen LogP contribution in [0.25, 0.3) is 0 Å². The predicted molar refractivity (Wildman–Crippen MR) is 48.5 cm³/mol. The second-order valence-corrected chi connectivity index (χ2v) is 2.67. The molecule has 0 aliphatic rings. The first-order valence-electron chi connectivity index (χ1n) is 4.13. The Kier molecular flexibility index (Phi) is 3.64. The molecule has 4 heteroatoms. The van der Waals surface area contributed by atoms with E-state index in [4.69, 9.17) is 5.73 Å². The maximum atomic E-state index is 13.0. The minimum atomic E-state index is -0.835. The fraction of sp³-hybridized carbons (Fsp3) is 0.333. The molecule has 0 bridgehead atoms. The molecule has 0 spiro atoms. The zero-order chi connectivity index (χ0) is 9.68. The van der Waals surface area contributed by atoms with Gasteiger partial charge in [0.25, 0.3) is 0 Å². The number of rotatable bonds is 4. The highest BCUT2D eigenvalue weighted by atomic mass is 19.2. The van der Waals surface area contributed by atoms with Crippen LogP contribution >= 0.6 is 0 Å². The maximum absolute atomic E-state index is 13.0. The van der Waals surface area contributed by atoms with Crippen LogP contribution in [0.4, 0.5) is 14.5 Å². The van der Waals surface area contributed by atoms with Crippen molar-refractivity contribution in [2.45, 2.75) is 6.42 Å². The van der Waals surface area contributed by atoms with Crippen LogP contribution in [0.5, 0.6) is 0 Å². The summed E-state index contributed by atoms with van der Waals surface area (Å²) in [7, 11) is 0. The summed E-state index contributed by atoms with van der Waals surface area (Å²) < 4.78 is 25.6. The molecule has 0 saturated carbocycles. The number of hydrogen-bond acceptors (Lipinski definition) is 2. The first-order valence-corrected chi connectivity index (χ1v) is 4.13. The molecule has 1 aromatic rings. The number of halogens is 2. The fourth-order valence-electron chi connectivity index (χ4n) is 0.965. The molecule has 0 fully saturated rings. The molecule has 0 atom stereocenters. The Labute approximate surface area is 75.7 Å². The van der Waals surface area contributed by atoms with Crippen LogP contribution in [-0.4, -0.2) is 13.1 Å². The van der Waals surface area contributed by atoms with Crippen LogP contribution in [0, 0.1) is 11.6 Å². The lowest BCUT2D eigenvalue weighted by Gasteiger charge is -2.06. The van der Waals surface area contributed by atoms with E-state index in [1.54, 1.807) is 0 Å². The fourth-order valence-corrected chi connectivity index (χ4v) is 0.965. The van der Waals surface area contributed by atoms with E-state index in [1.807, 2.05) is 0 Å². The first kappa shape index (κ1) is 9.92. The van der Waals surface area contributed by atoms with Gasteiger partial charge < -0.3 is 11.1 Å². The zero-order valence-electron chi connectivity index (χ0n) is 7.19. The summed E-state index contributed by atoms with van der Waals surface area (Å²) in [6, 6.07) is 4.04. The average molecular weight is 186 g/mol. The SMILES string of the molecule is NCCCNc1cccc(F)c1F. The third-order valence-corrected chi connectivity index (χ3v) is 1.65. The van der Waals surface area contributed by atoms with Crippen molar-refractivity contribution in [3.8, 4) is 0 Å². The van der Waals surface area contributed by atoms with Crippen molar-refractivity contribution < 1.29 is 8.78 Å². The molecule has 0 aliphatic carbocycles. The van der Waals surface area contributed by atoms with Crippen molar-refractivity contribution in [2.75, 3.05) is 18.4 Å². The van der Waals surface area contributed by atoms with Crippen molar-refractivity contribution in [2.24, 2.45) is 5.73 Å². The summed E-state index contributed by atoms with van der Waals surface area (Å²) >= 11 is 0. The van der Waals surface area contributed by atoms with E-state index < -0.39 is 11.6 Å². The Morgan fingerprint density at radius 2 is 2.08 bits per heavy atom. The van der Waals surface area contributed by atoms with Gasteiger partial charge in [0.15, 0.2) is 11.6 Å². The summed E-state index contributed by atoms with van der Waals surface area (Å²) in [5.41, 5.74) is 5.44. The van der Waals surface area contributed by atoms with E-state index in [0.29, 0.717) is 13.1 Å². The molecule has 0 amide bonds. The summed E-state index contributed by atoms with van der Waals surface area (Å²) in [6.07, 6.45) is 0.732. The summed E-state index contributed by atoms with van der Waals surface area (Å²) in [4.78, 5) is 0. The second-order valence-electron chi connectivity index (χ2n) is 2.67. The van der Waals surface area contributed by atoms with Crippen LogP contribution in [0.15, 0.2) is 18.2 Å². The van der Waals surface area contributed by atoms with Gasteiger partial charge in [0, 0.05) is 6.54 Å². The van der Waals surface area contributed by atoms with E-state index >= 15 is 0 Å². The monoisotopic (exact) mass is 186 g/mol. The van der Waals surface area contributed by atoms with Crippen LogP contribution in [0.2, 0.25) is 0 Å². The molecule has 0 aromatic heterocycles. The van der Waals surface area contributed by atoms with Crippen molar-refractivity contribution in [1.82, 2.24) is 0 Å². The van der Waals surface area contributed by atoms with Gasteiger partial charge in [-0.05, 0) is 25.1 Å². The molecule has 1 aromatic carbocycles. The van der Waals surface area contributed by atoms with E-state index in [0.717, 1.165) is 12.5 Å². The van der Waals surface area contributed by atoms with Gasteiger partial charge in [-0.15, -0.1) is 0 Å². The van der Waals surface area contributed by atoms with Crippen LogP contribution in [0.1, 0.15) is 6.42 Å². The molecule has 0 radical (unpaired) electrons. The van der Waals surface area contributed by atoms with Crippen molar-refractivity contribution in [3.05, 3.63) is 29.8 Å². The Balaban J connectivity index is 2.61. The van der Waals surface area contributed by atoms with Gasteiger partial charge in [0.05, 0.1) is 5.69 Å². The minimum absolute atomic E-state index is 0.188. The molecule has 0 saturated heterocycles. The van der Waals surface area contributed by atoms with Crippen LogP contribution < -0.4 is 11.1 Å². The van der Waals surface area contributed by atoms with Gasteiger partial charge in [-0.3, -0.25) is 0 Å². The normalized spacial score (nSPS) is 10.1. The number of nitrogens with one attached hydrogen (secondary N) is 1. The Morgan fingerprint density at radius 3 is 2.77 bits per heavy atom. The van der Waals surface area contributed by atoms with Gasteiger partial charge in [-0.2, -0.15) is 0 Å². The van der Waals surface area contributed by atoms with Gasteiger partial charge in [-0.1, -0.05) is 6.07 Å². The molecule has 0 aliphatic heterocycles. The van der Waals surface area contributed by atoms with E-state index in [-0.39, 0.29) is 5.69 Å². The number of anilines is 1. The second kappa shape index (κ2) is 4.77. The highest BCUT2D eigenvalue weighted by Crippen LogP contribution is 2.15. The lowest BCUT2D eigenvalue weighted by atomic mass is 10.3.